The van der Waals surface area contributed by atoms with Gasteiger partial charge >= 0.3 is 7.75 Å². The van der Waals surface area contributed by atoms with E-state index in [1.54, 1.807) is 12.3 Å². The highest BCUT2D eigenvalue weighted by Crippen LogP contribution is 2.58. The highest BCUT2D eigenvalue weighted by Gasteiger charge is 2.45. The van der Waals surface area contributed by atoms with Crippen LogP contribution < -0.4 is 5.09 Å². The summed E-state index contributed by atoms with van der Waals surface area (Å²) < 4.78 is 24.5. The number of aryl methyl sites for hydroxylation is 1. The van der Waals surface area contributed by atoms with Gasteiger partial charge in [0.25, 0.3) is 0 Å². The van der Waals surface area contributed by atoms with E-state index in [4.69, 9.17) is 20.6 Å². The number of nitrogens with one attached hydrogen (secondary N) is 1. The zero-order valence-electron chi connectivity index (χ0n) is 14.5. The van der Waals surface area contributed by atoms with Crippen molar-refractivity contribution in [3.8, 4) is 0 Å². The third-order valence-corrected chi connectivity index (χ3v) is 5.93. The van der Waals surface area contributed by atoms with Gasteiger partial charge in [-0.15, -0.1) is 0 Å². The largest absolute Gasteiger partial charge is 0.406 e. The smallest absolute Gasteiger partial charge is 0.296 e. The van der Waals surface area contributed by atoms with E-state index in [2.05, 4.69) is 10.1 Å². The Balaban J connectivity index is 1.75. The molecule has 25 heavy (non-hydrogen) atoms. The van der Waals surface area contributed by atoms with Crippen molar-refractivity contribution in [1.29, 1.82) is 0 Å². The van der Waals surface area contributed by atoms with Gasteiger partial charge in [0.1, 0.15) is 11.3 Å². The molecule has 7 heteroatoms. The molecule has 2 heterocycles. The van der Waals surface area contributed by atoms with E-state index in [1.165, 1.54) is 5.56 Å². The lowest BCUT2D eigenvalue weighted by atomic mass is 9.83. The van der Waals surface area contributed by atoms with E-state index in [0.717, 1.165) is 11.1 Å². The first-order chi connectivity index (χ1) is 11.8. The maximum Gasteiger partial charge on any atom is 0.406 e. The molecule has 1 aliphatic rings. The predicted molar refractivity (Wildman–Crippen MR) is 98.4 cm³/mol. The van der Waals surface area contributed by atoms with Gasteiger partial charge in [0.2, 0.25) is 0 Å². The van der Waals surface area contributed by atoms with Crippen molar-refractivity contribution in [3.05, 3.63) is 64.4 Å². The fraction of sp³-hybridized carbons (Fsp3) is 0.389. The van der Waals surface area contributed by atoms with Crippen LogP contribution in [0.3, 0.4) is 0 Å². The van der Waals surface area contributed by atoms with Crippen LogP contribution in [0.5, 0.6) is 0 Å². The van der Waals surface area contributed by atoms with Gasteiger partial charge in [0.15, 0.2) is 0 Å². The normalized spacial score (nSPS) is 25.7. The van der Waals surface area contributed by atoms with Crippen LogP contribution in [0.15, 0.2) is 42.6 Å². The summed E-state index contributed by atoms with van der Waals surface area (Å²) in [5.41, 5.74) is 2.73. The molecule has 1 aliphatic heterocycles. The highest BCUT2D eigenvalue weighted by molar-refractivity contribution is 7.51. The topological polar surface area (TPSA) is 60.5 Å². The number of rotatable bonds is 4. The molecule has 0 bridgehead atoms. The Morgan fingerprint density at radius 1 is 1.28 bits per heavy atom. The van der Waals surface area contributed by atoms with E-state index in [1.807, 2.05) is 51.1 Å². The van der Waals surface area contributed by atoms with E-state index in [0.29, 0.717) is 18.3 Å². The number of hydrogen-bond acceptors (Lipinski definition) is 4. The average molecular weight is 381 g/mol. The quantitative estimate of drug-likeness (QED) is 0.593. The molecule has 5 nitrogen and oxygen atoms in total. The van der Waals surface area contributed by atoms with Crippen LogP contribution in [-0.2, 0) is 20.2 Å². The predicted octanol–water partition coefficient (Wildman–Crippen LogP) is 5.06. The second-order valence-corrected chi connectivity index (χ2v) is 9.15. The average Bonchev–Trinajstić information content (AvgIpc) is 2.58. The van der Waals surface area contributed by atoms with Crippen LogP contribution in [0.4, 0.5) is 0 Å². The van der Waals surface area contributed by atoms with Gasteiger partial charge < -0.3 is 0 Å². The lowest BCUT2D eigenvalue weighted by molar-refractivity contribution is -0.0302. The van der Waals surface area contributed by atoms with Crippen LogP contribution in [0.2, 0.25) is 5.15 Å². The molecular weight excluding hydrogens is 359 g/mol. The molecule has 2 aromatic rings. The lowest BCUT2D eigenvalue weighted by Gasteiger charge is -2.41. The SMILES string of the molecule is Cc1ccc(C2OP(=O)(NCc3ccc(Cl)nc3)OCC2(C)C)cc1. The van der Waals surface area contributed by atoms with Crippen LogP contribution in [0, 0.1) is 12.3 Å². The molecule has 1 aromatic heterocycles. The second kappa shape index (κ2) is 7.18. The fourth-order valence-corrected chi connectivity index (χ4v) is 4.58. The zero-order valence-corrected chi connectivity index (χ0v) is 16.2. The third kappa shape index (κ3) is 4.49. The van der Waals surface area contributed by atoms with Crippen molar-refractivity contribution in [3.63, 3.8) is 0 Å². The number of aromatic nitrogens is 1. The molecule has 0 aliphatic carbocycles. The Bertz CT molecular complexity index is 778. The van der Waals surface area contributed by atoms with Crippen molar-refractivity contribution in [2.24, 2.45) is 5.41 Å². The summed E-state index contributed by atoms with van der Waals surface area (Å²) in [7, 11) is -3.41. The van der Waals surface area contributed by atoms with Gasteiger partial charge in [0.05, 0.1) is 6.61 Å². The summed E-state index contributed by atoms with van der Waals surface area (Å²) in [6.45, 7) is 6.79. The summed E-state index contributed by atoms with van der Waals surface area (Å²) in [4.78, 5) is 4.01. The Labute approximate surface area is 153 Å². The molecule has 0 radical (unpaired) electrons. The number of halogens is 1. The molecule has 1 N–H and O–H groups in total. The lowest BCUT2D eigenvalue weighted by Crippen LogP contribution is -2.36. The Hall–Kier alpha value is -1.23. The first-order valence-electron chi connectivity index (χ1n) is 8.13. The molecule has 1 aromatic carbocycles. The van der Waals surface area contributed by atoms with Gasteiger partial charge in [0, 0.05) is 18.2 Å². The Morgan fingerprint density at radius 2 is 2.00 bits per heavy atom. The summed E-state index contributed by atoms with van der Waals surface area (Å²) >= 11 is 5.78. The number of pyridine rings is 1. The van der Waals surface area contributed by atoms with Crippen molar-refractivity contribution < 1.29 is 13.6 Å². The molecule has 0 spiro atoms. The molecule has 3 rings (SSSR count). The minimum Gasteiger partial charge on any atom is -0.296 e. The molecule has 2 unspecified atom stereocenters. The van der Waals surface area contributed by atoms with Gasteiger partial charge in [-0.05, 0) is 24.1 Å². The first-order valence-corrected chi connectivity index (χ1v) is 10.0. The summed E-state index contributed by atoms with van der Waals surface area (Å²) in [5, 5.41) is 3.33. The summed E-state index contributed by atoms with van der Waals surface area (Å²) in [6, 6.07) is 11.6. The maximum atomic E-state index is 13.0. The first kappa shape index (κ1) is 18.6. The molecule has 1 fully saturated rings. The minimum absolute atomic E-state index is 0.285. The van der Waals surface area contributed by atoms with Gasteiger partial charge in [-0.3, -0.25) is 9.05 Å². The van der Waals surface area contributed by atoms with E-state index >= 15 is 0 Å². The zero-order chi connectivity index (χ0) is 18.1. The van der Waals surface area contributed by atoms with Crippen molar-refractivity contribution in [2.45, 2.75) is 33.4 Å². The molecule has 2 atom stereocenters. The standard InChI is InChI=1S/C18H22ClN2O3P/c1-13-4-7-15(8-5-13)17-18(2,3)12-23-25(22,24-17)21-11-14-6-9-16(19)20-10-14/h4-10,17H,11-12H2,1-3H3,(H,21,22). The molecule has 0 amide bonds. The van der Waals surface area contributed by atoms with Crippen molar-refractivity contribution in [1.82, 2.24) is 10.1 Å². The van der Waals surface area contributed by atoms with Crippen LogP contribution >= 0.6 is 19.3 Å². The summed E-state index contributed by atoms with van der Waals surface area (Å²) in [6.07, 6.45) is 1.32. The van der Waals surface area contributed by atoms with Gasteiger partial charge in [-0.2, -0.15) is 0 Å². The van der Waals surface area contributed by atoms with Crippen molar-refractivity contribution >= 4 is 19.3 Å². The second-order valence-electron chi connectivity index (χ2n) is 6.98. The fourth-order valence-electron chi connectivity index (χ4n) is 2.67. The maximum absolute atomic E-state index is 13.0. The Morgan fingerprint density at radius 3 is 2.64 bits per heavy atom. The molecule has 134 valence electrons. The van der Waals surface area contributed by atoms with Gasteiger partial charge in [-0.1, -0.05) is 61.3 Å². The van der Waals surface area contributed by atoms with Crippen molar-refractivity contribution in [2.75, 3.05) is 6.61 Å². The third-order valence-electron chi connectivity index (χ3n) is 4.21. The Kier molecular flexibility index (Phi) is 5.33. The highest BCUT2D eigenvalue weighted by atomic mass is 35.5. The number of hydrogen-bond donors (Lipinski definition) is 1. The molecular formula is C18H22ClN2O3P. The monoisotopic (exact) mass is 380 g/mol. The minimum atomic E-state index is -3.41. The van der Waals surface area contributed by atoms with E-state index < -0.39 is 7.75 Å². The van der Waals surface area contributed by atoms with Gasteiger partial charge in [-0.25, -0.2) is 14.6 Å². The van der Waals surface area contributed by atoms with E-state index in [9.17, 15) is 4.57 Å². The van der Waals surface area contributed by atoms with Crippen LogP contribution in [-0.4, -0.2) is 11.6 Å². The molecule has 0 saturated carbocycles. The number of nitrogens with zero attached hydrogens (tertiary/aromatic N) is 1. The number of benzene rings is 1. The van der Waals surface area contributed by atoms with E-state index in [-0.39, 0.29) is 11.5 Å². The van der Waals surface area contributed by atoms with Crippen LogP contribution in [0.25, 0.3) is 0 Å². The molecule has 1 saturated heterocycles. The summed E-state index contributed by atoms with van der Waals surface area (Å²) in [5.74, 6) is 0. The van der Waals surface area contributed by atoms with Crippen LogP contribution in [0.1, 0.15) is 36.6 Å².